The summed E-state index contributed by atoms with van der Waals surface area (Å²) in [5.74, 6) is -0.137. The maximum absolute atomic E-state index is 14.3. The van der Waals surface area contributed by atoms with E-state index in [1.165, 1.54) is 30.5 Å². The van der Waals surface area contributed by atoms with E-state index in [0.717, 1.165) is 16.8 Å². The van der Waals surface area contributed by atoms with Crippen LogP contribution in [0.15, 0.2) is 97.6 Å². The Morgan fingerprint density at radius 1 is 0.972 bits per heavy atom. The van der Waals surface area contributed by atoms with Gasteiger partial charge in [0.1, 0.15) is 17.3 Å². The maximum atomic E-state index is 14.3. The van der Waals surface area contributed by atoms with Gasteiger partial charge in [-0.1, -0.05) is 40.2 Å². The Morgan fingerprint density at radius 2 is 1.78 bits per heavy atom. The van der Waals surface area contributed by atoms with Crippen molar-refractivity contribution in [1.82, 2.24) is 9.66 Å². The van der Waals surface area contributed by atoms with E-state index < -0.39 is 23.1 Å². The molecule has 0 atom stereocenters. The van der Waals surface area contributed by atoms with Gasteiger partial charge in [0.25, 0.3) is 5.56 Å². The predicted octanol–water partition coefficient (Wildman–Crippen LogP) is 7.13. The summed E-state index contributed by atoms with van der Waals surface area (Å²) in [7, 11) is 0. The van der Waals surface area contributed by atoms with Crippen molar-refractivity contribution in [2.75, 3.05) is 0 Å². The van der Waals surface area contributed by atoms with Crippen molar-refractivity contribution in [3.63, 3.8) is 0 Å². The number of alkyl halides is 3. The Bertz CT molecular complexity index is 1690. The zero-order valence-corrected chi connectivity index (χ0v) is 19.7. The van der Waals surface area contributed by atoms with Gasteiger partial charge in [0.05, 0.1) is 28.2 Å². The minimum atomic E-state index is -4.58. The minimum Gasteiger partial charge on any atom is -0.455 e. The van der Waals surface area contributed by atoms with Crippen molar-refractivity contribution in [3.8, 4) is 22.7 Å². The predicted molar refractivity (Wildman–Crippen MR) is 131 cm³/mol. The van der Waals surface area contributed by atoms with Gasteiger partial charge in [-0.15, -0.1) is 0 Å². The molecule has 0 spiro atoms. The number of benzene rings is 3. The van der Waals surface area contributed by atoms with Crippen molar-refractivity contribution in [3.05, 3.63) is 111 Å². The molecule has 5 nitrogen and oxygen atoms in total. The molecule has 0 unspecified atom stereocenters. The highest BCUT2D eigenvalue weighted by molar-refractivity contribution is 9.10. The number of furan rings is 1. The van der Waals surface area contributed by atoms with E-state index in [0.29, 0.717) is 9.99 Å². The first-order valence-corrected chi connectivity index (χ1v) is 11.3. The van der Waals surface area contributed by atoms with Crippen LogP contribution in [-0.4, -0.2) is 15.9 Å². The standard InChI is InChI=1S/C26H14BrF4N3O2/c27-17-8-10-19(21(28)13-17)23-11-9-18(36-23)14-32-34-24(15-4-3-5-16(12-15)26(29,30)31)33-22-7-2-1-6-20(22)25(34)35/h1-14H. The first-order valence-electron chi connectivity index (χ1n) is 10.5. The van der Waals surface area contributed by atoms with Gasteiger partial charge in [-0.3, -0.25) is 4.79 Å². The van der Waals surface area contributed by atoms with Gasteiger partial charge in [0.15, 0.2) is 5.82 Å². The zero-order valence-electron chi connectivity index (χ0n) is 18.1. The van der Waals surface area contributed by atoms with Crippen LogP contribution in [-0.2, 0) is 6.18 Å². The van der Waals surface area contributed by atoms with E-state index >= 15 is 0 Å². The molecule has 5 rings (SSSR count). The van der Waals surface area contributed by atoms with Crippen LogP contribution in [0.1, 0.15) is 11.3 Å². The maximum Gasteiger partial charge on any atom is 0.416 e. The first kappa shape index (κ1) is 23.7. The van der Waals surface area contributed by atoms with Crippen LogP contribution < -0.4 is 5.56 Å². The van der Waals surface area contributed by atoms with Crippen LogP contribution in [0.4, 0.5) is 17.6 Å². The van der Waals surface area contributed by atoms with Crippen LogP contribution in [0.3, 0.4) is 0 Å². The monoisotopic (exact) mass is 555 g/mol. The lowest BCUT2D eigenvalue weighted by Gasteiger charge is -2.11. The Kier molecular flexibility index (Phi) is 6.05. The van der Waals surface area contributed by atoms with Gasteiger partial charge in [-0.25, -0.2) is 9.37 Å². The highest BCUT2D eigenvalue weighted by atomic mass is 79.9. The molecule has 0 fully saturated rings. The lowest BCUT2D eigenvalue weighted by atomic mass is 10.1. The fraction of sp³-hybridized carbons (Fsp3) is 0.0385. The molecular formula is C26H14BrF4N3O2. The summed E-state index contributed by atoms with van der Waals surface area (Å²) in [5.41, 5.74) is -0.860. The number of para-hydroxylation sites is 1. The summed E-state index contributed by atoms with van der Waals surface area (Å²) < 4.78 is 61.4. The van der Waals surface area contributed by atoms with Gasteiger partial charge in [0.2, 0.25) is 0 Å². The quantitative estimate of drug-likeness (QED) is 0.175. The molecule has 0 saturated heterocycles. The van der Waals surface area contributed by atoms with Crippen LogP contribution >= 0.6 is 15.9 Å². The molecule has 0 aliphatic rings. The second-order valence-corrected chi connectivity index (χ2v) is 8.63. The number of nitrogens with zero attached hydrogens (tertiary/aromatic N) is 3. The van der Waals surface area contributed by atoms with Gasteiger partial charge >= 0.3 is 6.18 Å². The summed E-state index contributed by atoms with van der Waals surface area (Å²) in [5, 5.41) is 4.42. The molecule has 0 aliphatic heterocycles. The highest BCUT2D eigenvalue weighted by Crippen LogP contribution is 2.32. The van der Waals surface area contributed by atoms with E-state index in [4.69, 9.17) is 4.42 Å². The average Bonchev–Trinajstić information content (AvgIpc) is 3.31. The molecule has 0 amide bonds. The Balaban J connectivity index is 1.61. The SMILES string of the molecule is O=c1c2ccccc2nc(-c2cccc(C(F)(F)F)c2)n1N=Cc1ccc(-c2ccc(Br)cc2F)o1. The van der Waals surface area contributed by atoms with Crippen LogP contribution in [0.2, 0.25) is 0 Å². The highest BCUT2D eigenvalue weighted by Gasteiger charge is 2.31. The second-order valence-electron chi connectivity index (χ2n) is 7.72. The van der Waals surface area contributed by atoms with Gasteiger partial charge in [0, 0.05) is 10.0 Å². The normalized spacial score (nSPS) is 12.0. The third-order valence-corrected chi connectivity index (χ3v) is 5.82. The van der Waals surface area contributed by atoms with Crippen molar-refractivity contribution in [2.45, 2.75) is 6.18 Å². The summed E-state index contributed by atoms with van der Waals surface area (Å²) in [4.78, 5) is 17.6. The van der Waals surface area contributed by atoms with Gasteiger partial charge in [-0.2, -0.15) is 22.9 Å². The van der Waals surface area contributed by atoms with E-state index in [1.807, 2.05) is 0 Å². The number of aromatic nitrogens is 2. The molecule has 0 aliphatic carbocycles. The molecule has 3 aromatic carbocycles. The fourth-order valence-electron chi connectivity index (χ4n) is 3.62. The number of hydrogen-bond acceptors (Lipinski definition) is 4. The van der Waals surface area contributed by atoms with Crippen LogP contribution in [0, 0.1) is 5.82 Å². The lowest BCUT2D eigenvalue weighted by molar-refractivity contribution is -0.137. The molecule has 2 heterocycles. The Labute approximate surface area is 209 Å². The summed E-state index contributed by atoms with van der Waals surface area (Å²) in [6, 6.07) is 18.5. The van der Waals surface area contributed by atoms with E-state index in [1.54, 1.807) is 42.5 Å². The molecule has 0 bridgehead atoms. The molecular weight excluding hydrogens is 542 g/mol. The number of rotatable bonds is 4. The zero-order chi connectivity index (χ0) is 25.4. The molecule has 0 saturated carbocycles. The number of hydrogen-bond donors (Lipinski definition) is 0. The second kappa shape index (κ2) is 9.19. The van der Waals surface area contributed by atoms with E-state index in [2.05, 4.69) is 26.0 Å². The topological polar surface area (TPSA) is 60.4 Å². The first-order chi connectivity index (χ1) is 17.2. The molecule has 5 aromatic rings. The third kappa shape index (κ3) is 4.59. The minimum absolute atomic E-state index is 0.0573. The fourth-order valence-corrected chi connectivity index (χ4v) is 3.96. The molecule has 10 heteroatoms. The number of halogens is 5. The third-order valence-electron chi connectivity index (χ3n) is 5.33. The van der Waals surface area contributed by atoms with Crippen molar-refractivity contribution in [1.29, 1.82) is 0 Å². The smallest absolute Gasteiger partial charge is 0.416 e. The Morgan fingerprint density at radius 3 is 2.56 bits per heavy atom. The van der Waals surface area contributed by atoms with Crippen molar-refractivity contribution in [2.24, 2.45) is 5.10 Å². The summed E-state index contributed by atoms with van der Waals surface area (Å²) >= 11 is 3.20. The van der Waals surface area contributed by atoms with Crippen molar-refractivity contribution >= 4 is 33.0 Å². The summed E-state index contributed by atoms with van der Waals surface area (Å²) in [6.45, 7) is 0. The number of fused-ring (bicyclic) bond motifs is 1. The van der Waals surface area contributed by atoms with Gasteiger partial charge in [-0.05, 0) is 54.6 Å². The molecule has 36 heavy (non-hydrogen) atoms. The lowest BCUT2D eigenvalue weighted by Crippen LogP contribution is -2.20. The molecule has 180 valence electrons. The van der Waals surface area contributed by atoms with E-state index in [9.17, 15) is 22.4 Å². The van der Waals surface area contributed by atoms with Crippen molar-refractivity contribution < 1.29 is 22.0 Å². The molecule has 0 N–H and O–H groups in total. The molecule has 0 radical (unpaired) electrons. The van der Waals surface area contributed by atoms with Crippen LogP contribution in [0.5, 0.6) is 0 Å². The molecule has 2 aromatic heterocycles. The van der Waals surface area contributed by atoms with Gasteiger partial charge < -0.3 is 4.42 Å². The van der Waals surface area contributed by atoms with Crippen LogP contribution in [0.25, 0.3) is 33.6 Å². The van der Waals surface area contributed by atoms with E-state index in [-0.39, 0.29) is 33.9 Å². The summed E-state index contributed by atoms with van der Waals surface area (Å²) in [6.07, 6.45) is -3.36. The average molecular weight is 556 g/mol. The Hall–Kier alpha value is -4.05. The largest absolute Gasteiger partial charge is 0.455 e.